The molecule has 34 heavy (non-hydrogen) atoms. The largest absolute Gasteiger partial charge is 0.344 e. The first-order chi connectivity index (χ1) is 16.4. The van der Waals surface area contributed by atoms with Crippen molar-refractivity contribution in [3.8, 4) is 22.6 Å². The van der Waals surface area contributed by atoms with Crippen LogP contribution in [0.5, 0.6) is 0 Å². The number of imidazole rings is 1. The van der Waals surface area contributed by atoms with Crippen molar-refractivity contribution in [1.82, 2.24) is 24.9 Å². The molecule has 0 aliphatic carbocycles. The zero-order valence-corrected chi connectivity index (χ0v) is 18.5. The Balaban J connectivity index is 1.55. The lowest BCUT2D eigenvalue weighted by Gasteiger charge is -2.33. The Morgan fingerprint density at radius 1 is 1.03 bits per heavy atom. The SMILES string of the molecule is CC1(N)COC(c2nc(-c3ccc(F)cc3)c(-c3ccnc(C(N)c4ccccn4)n3)[nH]2)OC1. The number of nitrogens with one attached hydrogen (secondary N) is 1. The second kappa shape index (κ2) is 8.99. The van der Waals surface area contributed by atoms with Crippen LogP contribution in [0.15, 0.2) is 60.9 Å². The number of aromatic nitrogens is 5. The zero-order valence-electron chi connectivity index (χ0n) is 18.5. The highest BCUT2D eigenvalue weighted by Gasteiger charge is 2.32. The summed E-state index contributed by atoms with van der Waals surface area (Å²) in [6, 6.07) is 12.7. The monoisotopic (exact) mass is 461 g/mol. The summed E-state index contributed by atoms with van der Waals surface area (Å²) in [5.74, 6) is 0.522. The van der Waals surface area contributed by atoms with E-state index >= 15 is 0 Å². The van der Waals surface area contributed by atoms with Crippen molar-refractivity contribution in [2.24, 2.45) is 11.5 Å². The van der Waals surface area contributed by atoms with Crippen LogP contribution in [0.3, 0.4) is 0 Å². The second-order valence-electron chi connectivity index (χ2n) is 8.49. The van der Waals surface area contributed by atoms with Crippen LogP contribution < -0.4 is 11.5 Å². The summed E-state index contributed by atoms with van der Waals surface area (Å²) in [6.07, 6.45) is 2.58. The van der Waals surface area contributed by atoms with Crippen molar-refractivity contribution in [3.63, 3.8) is 0 Å². The maximum atomic E-state index is 13.6. The van der Waals surface area contributed by atoms with Gasteiger partial charge in [0, 0.05) is 18.0 Å². The van der Waals surface area contributed by atoms with E-state index in [-0.39, 0.29) is 5.82 Å². The van der Waals surface area contributed by atoms with Crippen molar-refractivity contribution < 1.29 is 13.9 Å². The molecule has 1 fully saturated rings. The summed E-state index contributed by atoms with van der Waals surface area (Å²) < 4.78 is 25.2. The predicted octanol–water partition coefficient (Wildman–Crippen LogP) is 2.88. The second-order valence-corrected chi connectivity index (χ2v) is 8.49. The fourth-order valence-corrected chi connectivity index (χ4v) is 3.64. The number of hydrogen-bond donors (Lipinski definition) is 3. The number of rotatable bonds is 5. The smallest absolute Gasteiger partial charge is 0.217 e. The molecule has 5 N–H and O–H groups in total. The molecule has 9 nitrogen and oxygen atoms in total. The van der Waals surface area contributed by atoms with Crippen molar-refractivity contribution in [3.05, 3.63) is 84.1 Å². The molecule has 4 aromatic rings. The van der Waals surface area contributed by atoms with Gasteiger partial charge in [0.2, 0.25) is 6.29 Å². The van der Waals surface area contributed by atoms with Crippen molar-refractivity contribution in [1.29, 1.82) is 0 Å². The highest BCUT2D eigenvalue weighted by atomic mass is 19.1. The lowest BCUT2D eigenvalue weighted by atomic mass is 10.1. The molecule has 0 saturated carbocycles. The van der Waals surface area contributed by atoms with E-state index in [0.717, 1.165) is 0 Å². The van der Waals surface area contributed by atoms with Gasteiger partial charge in [-0.25, -0.2) is 19.3 Å². The Hall–Kier alpha value is -3.57. The fourth-order valence-electron chi connectivity index (χ4n) is 3.64. The van der Waals surface area contributed by atoms with Gasteiger partial charge in [-0.1, -0.05) is 6.07 Å². The average Bonchev–Trinajstić information content (AvgIpc) is 3.30. The molecule has 1 aromatic carbocycles. The van der Waals surface area contributed by atoms with Gasteiger partial charge in [-0.15, -0.1) is 0 Å². The first-order valence-corrected chi connectivity index (χ1v) is 10.8. The summed E-state index contributed by atoms with van der Waals surface area (Å²) >= 11 is 0. The van der Waals surface area contributed by atoms with Crippen molar-refractivity contribution in [2.75, 3.05) is 13.2 Å². The molecule has 0 bridgehead atoms. The zero-order chi connectivity index (χ0) is 23.7. The van der Waals surface area contributed by atoms with Crippen LogP contribution in [-0.4, -0.2) is 43.7 Å². The number of hydrogen-bond acceptors (Lipinski definition) is 8. The normalized spacial score (nSPS) is 21.4. The summed E-state index contributed by atoms with van der Waals surface area (Å²) in [5.41, 5.74) is 15.0. The van der Waals surface area contributed by atoms with Gasteiger partial charge in [-0.2, -0.15) is 0 Å². The van der Waals surface area contributed by atoms with Crippen LogP contribution in [0, 0.1) is 5.82 Å². The van der Waals surface area contributed by atoms with Crippen molar-refractivity contribution in [2.45, 2.75) is 24.8 Å². The first-order valence-electron chi connectivity index (χ1n) is 10.8. The molecule has 1 aliphatic rings. The number of nitrogens with zero attached hydrogens (tertiary/aromatic N) is 4. The molecule has 1 atom stereocenters. The van der Waals surface area contributed by atoms with Gasteiger partial charge in [0.1, 0.15) is 11.9 Å². The third-order valence-corrected chi connectivity index (χ3v) is 5.41. The molecule has 0 spiro atoms. The van der Waals surface area contributed by atoms with Crippen LogP contribution in [0.1, 0.15) is 36.6 Å². The van der Waals surface area contributed by atoms with Gasteiger partial charge < -0.3 is 25.9 Å². The molecule has 4 heterocycles. The Morgan fingerprint density at radius 2 is 1.79 bits per heavy atom. The standard InChI is InChI=1S/C24H24FN7O2/c1-24(27)12-33-23(34-13-24)22-31-19(14-5-7-15(25)8-6-14)20(32-22)17-9-11-29-21(30-17)18(26)16-4-2-3-10-28-16/h2-11,18,23H,12-13,26-27H2,1H3,(H,31,32). The molecule has 3 aromatic heterocycles. The van der Waals surface area contributed by atoms with Gasteiger partial charge in [0.15, 0.2) is 11.6 Å². The topological polar surface area (TPSA) is 138 Å². The van der Waals surface area contributed by atoms with Gasteiger partial charge in [0.25, 0.3) is 0 Å². The van der Waals surface area contributed by atoms with Crippen LogP contribution >= 0.6 is 0 Å². The Labute approximate surface area is 195 Å². The van der Waals surface area contributed by atoms with E-state index in [0.29, 0.717) is 53.2 Å². The summed E-state index contributed by atoms with van der Waals surface area (Å²) in [6.45, 7) is 2.49. The molecule has 1 aliphatic heterocycles. The van der Waals surface area contributed by atoms with E-state index in [4.69, 9.17) is 25.9 Å². The minimum Gasteiger partial charge on any atom is -0.344 e. The molecule has 5 rings (SSSR count). The van der Waals surface area contributed by atoms with Gasteiger partial charge >= 0.3 is 0 Å². The van der Waals surface area contributed by atoms with Gasteiger partial charge in [-0.3, -0.25) is 4.98 Å². The summed E-state index contributed by atoms with van der Waals surface area (Å²) in [4.78, 5) is 21.3. The van der Waals surface area contributed by atoms with E-state index < -0.39 is 17.9 Å². The summed E-state index contributed by atoms with van der Waals surface area (Å²) in [7, 11) is 0. The third kappa shape index (κ3) is 4.57. The lowest BCUT2D eigenvalue weighted by Crippen LogP contribution is -2.50. The highest BCUT2D eigenvalue weighted by Crippen LogP contribution is 2.33. The number of pyridine rings is 1. The average molecular weight is 462 g/mol. The molecule has 1 saturated heterocycles. The number of nitrogens with two attached hydrogens (primary N) is 2. The van der Waals surface area contributed by atoms with Crippen LogP contribution in [-0.2, 0) is 9.47 Å². The van der Waals surface area contributed by atoms with E-state index in [1.165, 1.54) is 12.1 Å². The first kappa shape index (κ1) is 22.2. The number of ether oxygens (including phenoxy) is 2. The molecule has 1 unspecified atom stereocenters. The molecule has 0 radical (unpaired) electrons. The quantitative estimate of drug-likeness (QED) is 0.412. The van der Waals surface area contributed by atoms with E-state index in [2.05, 4.69) is 19.9 Å². The number of halogens is 1. The maximum absolute atomic E-state index is 13.6. The Bertz CT molecular complexity index is 1270. The van der Waals surface area contributed by atoms with Gasteiger partial charge in [0.05, 0.1) is 41.5 Å². The van der Waals surface area contributed by atoms with Gasteiger partial charge in [-0.05, 0) is 49.4 Å². The lowest BCUT2D eigenvalue weighted by molar-refractivity contribution is -0.211. The molecular formula is C24H24FN7O2. The van der Waals surface area contributed by atoms with E-state index in [9.17, 15) is 4.39 Å². The predicted molar refractivity (Wildman–Crippen MR) is 123 cm³/mol. The van der Waals surface area contributed by atoms with Crippen LogP contribution in [0.4, 0.5) is 4.39 Å². The fraction of sp³-hybridized carbons (Fsp3) is 0.250. The molecule has 0 amide bonds. The Kier molecular flexibility index (Phi) is 5.88. The minimum absolute atomic E-state index is 0.316. The molecule has 174 valence electrons. The van der Waals surface area contributed by atoms with Crippen LogP contribution in [0.25, 0.3) is 22.6 Å². The minimum atomic E-state index is -0.721. The maximum Gasteiger partial charge on any atom is 0.217 e. The van der Waals surface area contributed by atoms with E-state index in [1.54, 1.807) is 30.6 Å². The third-order valence-electron chi connectivity index (χ3n) is 5.41. The van der Waals surface area contributed by atoms with E-state index in [1.807, 2.05) is 25.1 Å². The summed E-state index contributed by atoms with van der Waals surface area (Å²) in [5, 5.41) is 0. The molecular weight excluding hydrogens is 437 g/mol. The number of aromatic amines is 1. The highest BCUT2D eigenvalue weighted by molar-refractivity contribution is 5.76. The number of benzene rings is 1. The molecule has 10 heteroatoms. The van der Waals surface area contributed by atoms with Crippen molar-refractivity contribution >= 4 is 0 Å². The Morgan fingerprint density at radius 3 is 2.50 bits per heavy atom. The van der Waals surface area contributed by atoms with Crippen LogP contribution in [0.2, 0.25) is 0 Å². The number of H-pyrrole nitrogens is 1.